The van der Waals surface area contributed by atoms with Crippen molar-refractivity contribution in [3.05, 3.63) is 54.7 Å². The van der Waals surface area contributed by atoms with Crippen LogP contribution in [0.5, 0.6) is 0 Å². The lowest BCUT2D eigenvalue weighted by Crippen LogP contribution is -2.37. The largest absolute Gasteiger partial charge is 0.329 e. The van der Waals surface area contributed by atoms with Gasteiger partial charge in [0.15, 0.2) is 0 Å². The van der Waals surface area contributed by atoms with E-state index in [1.807, 2.05) is 32.0 Å². The number of benzene rings is 1. The lowest BCUT2D eigenvalue weighted by atomic mass is 10.1. The molecule has 4 nitrogen and oxygen atoms in total. The summed E-state index contributed by atoms with van der Waals surface area (Å²) in [7, 11) is 0. The van der Waals surface area contributed by atoms with Crippen LogP contribution in [0.4, 0.5) is 0 Å². The molecule has 1 atom stereocenters. The lowest BCUT2D eigenvalue weighted by Gasteiger charge is -2.13. The van der Waals surface area contributed by atoms with Crippen molar-refractivity contribution in [3.63, 3.8) is 0 Å². The summed E-state index contributed by atoms with van der Waals surface area (Å²) in [5.41, 5.74) is 0.144. The third-order valence-electron chi connectivity index (χ3n) is 3.47. The Hall–Kier alpha value is -1.33. The van der Waals surface area contributed by atoms with Crippen molar-refractivity contribution in [1.29, 1.82) is 0 Å². The average Bonchev–Trinajstić information content (AvgIpc) is 2.45. The van der Waals surface area contributed by atoms with E-state index < -0.39 is 5.69 Å². The molecule has 0 amide bonds. The highest BCUT2D eigenvalue weighted by atomic mass is 79.9. The molecule has 0 saturated carbocycles. The van der Waals surface area contributed by atoms with Crippen molar-refractivity contribution in [1.82, 2.24) is 9.55 Å². The lowest BCUT2D eigenvalue weighted by molar-refractivity contribution is 0.447. The molecular formula is C15H16BrClN2O2. The van der Waals surface area contributed by atoms with Gasteiger partial charge in [-0.1, -0.05) is 66.0 Å². The van der Waals surface area contributed by atoms with Gasteiger partial charge >= 0.3 is 5.69 Å². The second-order valence-electron chi connectivity index (χ2n) is 5.03. The van der Waals surface area contributed by atoms with E-state index in [1.54, 1.807) is 6.07 Å². The first-order chi connectivity index (χ1) is 9.95. The first-order valence-electron chi connectivity index (χ1n) is 6.73. The summed E-state index contributed by atoms with van der Waals surface area (Å²) in [4.78, 5) is 27.2. The highest BCUT2D eigenvalue weighted by Gasteiger charge is 2.17. The summed E-state index contributed by atoms with van der Waals surface area (Å²) < 4.78 is 1.97. The van der Waals surface area contributed by atoms with E-state index in [-0.39, 0.29) is 16.6 Å². The van der Waals surface area contributed by atoms with Gasteiger partial charge in [0.1, 0.15) is 5.15 Å². The van der Waals surface area contributed by atoms with Crippen LogP contribution in [0.25, 0.3) is 11.1 Å². The fourth-order valence-electron chi connectivity index (χ4n) is 2.05. The minimum absolute atomic E-state index is 0.0669. The molecule has 1 heterocycles. The predicted octanol–water partition coefficient (Wildman–Crippen LogP) is 3.67. The van der Waals surface area contributed by atoms with Gasteiger partial charge in [0.05, 0.1) is 5.56 Å². The van der Waals surface area contributed by atoms with Crippen LogP contribution < -0.4 is 11.2 Å². The van der Waals surface area contributed by atoms with Gasteiger partial charge in [0.2, 0.25) is 0 Å². The van der Waals surface area contributed by atoms with Gasteiger partial charge < -0.3 is 0 Å². The van der Waals surface area contributed by atoms with Crippen molar-refractivity contribution in [2.75, 3.05) is 0 Å². The molecular weight excluding hydrogens is 356 g/mol. The molecule has 6 heteroatoms. The van der Waals surface area contributed by atoms with Gasteiger partial charge in [-0.2, -0.15) is 0 Å². The Bertz CT molecular complexity index is 767. The number of hydrogen-bond donors (Lipinski definition) is 1. The zero-order chi connectivity index (χ0) is 15.6. The molecule has 2 rings (SSSR count). The maximum Gasteiger partial charge on any atom is 0.329 e. The minimum atomic E-state index is -0.471. The first kappa shape index (κ1) is 16.0. The number of aromatic nitrogens is 2. The van der Waals surface area contributed by atoms with Crippen molar-refractivity contribution in [2.45, 2.75) is 26.8 Å². The number of hydrogen-bond acceptors (Lipinski definition) is 2. The molecule has 1 aromatic heterocycles. The van der Waals surface area contributed by atoms with Gasteiger partial charge in [0.25, 0.3) is 5.56 Å². The third-order valence-corrected chi connectivity index (χ3v) is 4.45. The Morgan fingerprint density at radius 2 is 2.00 bits per heavy atom. The summed E-state index contributed by atoms with van der Waals surface area (Å²) in [6.07, 6.45) is 0.888. The van der Waals surface area contributed by atoms with Crippen molar-refractivity contribution < 1.29 is 0 Å². The Kier molecular flexibility index (Phi) is 5.06. The summed E-state index contributed by atoms with van der Waals surface area (Å²) in [6.45, 7) is 4.40. The van der Waals surface area contributed by atoms with E-state index in [2.05, 4.69) is 20.9 Å². The Morgan fingerprint density at radius 1 is 1.33 bits per heavy atom. The van der Waals surface area contributed by atoms with E-state index >= 15 is 0 Å². The zero-order valence-electron chi connectivity index (χ0n) is 11.8. The zero-order valence-corrected chi connectivity index (χ0v) is 14.2. The number of H-pyrrole nitrogens is 1. The second kappa shape index (κ2) is 6.62. The summed E-state index contributed by atoms with van der Waals surface area (Å²) in [5.74, 6) is 0.233. The SMILES string of the molecule is CCC(C)Cn1c(=O)[nH]c(Cl)c(-c2ccccc2Br)c1=O. The monoisotopic (exact) mass is 370 g/mol. The quantitative estimate of drug-likeness (QED) is 0.834. The molecule has 1 unspecified atom stereocenters. The average molecular weight is 372 g/mol. The fourth-order valence-corrected chi connectivity index (χ4v) is 2.80. The number of aromatic amines is 1. The Labute approximate surface area is 135 Å². The van der Waals surface area contributed by atoms with Crippen molar-refractivity contribution in [2.24, 2.45) is 5.92 Å². The molecule has 0 spiro atoms. The number of halogens is 2. The topological polar surface area (TPSA) is 54.9 Å². The summed E-state index contributed by atoms with van der Waals surface area (Å²) in [5, 5.41) is 0.0669. The highest BCUT2D eigenvalue weighted by Crippen LogP contribution is 2.28. The molecule has 21 heavy (non-hydrogen) atoms. The minimum Gasteiger partial charge on any atom is -0.297 e. The molecule has 112 valence electrons. The summed E-state index contributed by atoms with van der Waals surface area (Å²) >= 11 is 9.50. The highest BCUT2D eigenvalue weighted by molar-refractivity contribution is 9.10. The Balaban J connectivity index is 2.68. The van der Waals surface area contributed by atoms with Gasteiger partial charge in [0, 0.05) is 16.6 Å². The molecule has 0 aliphatic heterocycles. The second-order valence-corrected chi connectivity index (χ2v) is 6.26. The molecule has 1 N–H and O–H groups in total. The van der Waals surface area contributed by atoms with Crippen LogP contribution in [0, 0.1) is 5.92 Å². The number of nitrogens with zero attached hydrogens (tertiary/aromatic N) is 1. The molecule has 0 aliphatic carbocycles. The molecule has 0 aliphatic rings. The smallest absolute Gasteiger partial charge is 0.297 e. The van der Waals surface area contributed by atoms with E-state index in [1.165, 1.54) is 4.57 Å². The summed E-state index contributed by atoms with van der Waals surface area (Å²) in [6, 6.07) is 7.29. The van der Waals surface area contributed by atoms with Gasteiger partial charge in [-0.3, -0.25) is 14.3 Å². The van der Waals surface area contributed by atoms with Crippen LogP contribution in [-0.2, 0) is 6.54 Å². The van der Waals surface area contributed by atoms with E-state index in [0.29, 0.717) is 17.7 Å². The van der Waals surface area contributed by atoms with Gasteiger partial charge in [-0.25, -0.2) is 4.79 Å². The van der Waals surface area contributed by atoms with E-state index in [9.17, 15) is 9.59 Å². The van der Waals surface area contributed by atoms with Crippen LogP contribution in [0.1, 0.15) is 20.3 Å². The fraction of sp³-hybridized carbons (Fsp3) is 0.333. The Morgan fingerprint density at radius 3 is 2.62 bits per heavy atom. The van der Waals surface area contributed by atoms with Crippen LogP contribution in [-0.4, -0.2) is 9.55 Å². The predicted molar refractivity (Wildman–Crippen MR) is 88.9 cm³/mol. The van der Waals surface area contributed by atoms with Crippen molar-refractivity contribution in [3.8, 4) is 11.1 Å². The van der Waals surface area contributed by atoms with Gasteiger partial charge in [-0.05, 0) is 12.0 Å². The standard InChI is InChI=1S/C15H16BrClN2O2/c1-3-9(2)8-19-14(20)12(13(17)18-15(19)21)10-6-4-5-7-11(10)16/h4-7,9H,3,8H2,1-2H3,(H,18,21). The first-order valence-corrected chi connectivity index (χ1v) is 7.90. The molecule has 0 saturated heterocycles. The molecule has 2 aromatic rings. The molecule has 1 aromatic carbocycles. The maximum absolute atomic E-state index is 12.7. The van der Waals surface area contributed by atoms with Crippen LogP contribution in [0.2, 0.25) is 5.15 Å². The molecule has 0 bridgehead atoms. The van der Waals surface area contributed by atoms with Crippen molar-refractivity contribution >= 4 is 27.5 Å². The van der Waals surface area contributed by atoms with Crippen LogP contribution in [0.15, 0.2) is 38.3 Å². The third kappa shape index (κ3) is 3.30. The number of rotatable bonds is 4. The van der Waals surface area contributed by atoms with E-state index in [0.717, 1.165) is 10.9 Å². The van der Waals surface area contributed by atoms with Gasteiger partial charge in [-0.15, -0.1) is 0 Å². The molecule has 0 fully saturated rings. The normalized spacial score (nSPS) is 12.4. The van der Waals surface area contributed by atoms with Crippen LogP contribution >= 0.6 is 27.5 Å². The van der Waals surface area contributed by atoms with Crippen LogP contribution in [0.3, 0.4) is 0 Å². The number of nitrogens with one attached hydrogen (secondary N) is 1. The van der Waals surface area contributed by atoms with E-state index in [4.69, 9.17) is 11.6 Å². The molecule has 0 radical (unpaired) electrons. The maximum atomic E-state index is 12.7.